The first-order chi connectivity index (χ1) is 12.9. The van der Waals surface area contributed by atoms with E-state index >= 15 is 0 Å². The van der Waals surface area contributed by atoms with E-state index in [1.165, 1.54) is 0 Å². The Balaban J connectivity index is 2.04. The maximum atomic E-state index is 9.55. The van der Waals surface area contributed by atoms with Crippen LogP contribution in [0.2, 0.25) is 0 Å². The monoisotopic (exact) mass is 438 g/mol. The van der Waals surface area contributed by atoms with Crippen LogP contribution >= 0.6 is 15.9 Å². The number of hydrogen-bond acceptors (Lipinski definition) is 5. The zero-order chi connectivity index (χ0) is 19.9. The molecular weight excluding hydrogens is 412 g/mol. The van der Waals surface area contributed by atoms with Gasteiger partial charge in [-0.15, -0.1) is 0 Å². The van der Waals surface area contributed by atoms with Gasteiger partial charge in [-0.2, -0.15) is 0 Å². The minimum atomic E-state index is -0.877. The fourth-order valence-electron chi connectivity index (χ4n) is 2.58. The summed E-state index contributed by atoms with van der Waals surface area (Å²) in [6.07, 6.45) is -1.40. The Hall–Kier alpha value is -1.60. The smallest absolute Gasteiger partial charge is 0.119 e. The number of ether oxygens (including phenoxy) is 2. The summed E-state index contributed by atoms with van der Waals surface area (Å²) in [6.45, 7) is 4.27. The second kappa shape index (κ2) is 10.1. The number of hydrogen-bond donors (Lipinski definition) is 3. The van der Waals surface area contributed by atoms with Crippen molar-refractivity contribution in [3.63, 3.8) is 0 Å². The van der Waals surface area contributed by atoms with Crippen molar-refractivity contribution in [1.29, 1.82) is 0 Å². The SMILES string of the molecule is CC(C)(c1ccc(OC[C@H](O)CBr)cc1)c1ccc(OC[C@@H](O)CO)cc1. The normalized spacial score (nSPS) is 13.9. The first kappa shape index (κ1) is 21.7. The number of benzene rings is 2. The molecule has 0 spiro atoms. The molecule has 0 amide bonds. The molecule has 2 rings (SSSR count). The van der Waals surface area contributed by atoms with Crippen molar-refractivity contribution >= 4 is 15.9 Å². The molecule has 0 aliphatic carbocycles. The summed E-state index contributed by atoms with van der Waals surface area (Å²) in [7, 11) is 0. The third-order valence-corrected chi connectivity index (χ3v) is 5.17. The van der Waals surface area contributed by atoms with Crippen molar-refractivity contribution in [2.75, 3.05) is 25.2 Å². The minimum Gasteiger partial charge on any atom is -0.491 e. The van der Waals surface area contributed by atoms with E-state index in [0.29, 0.717) is 11.1 Å². The van der Waals surface area contributed by atoms with Crippen molar-refractivity contribution in [3.05, 3.63) is 59.7 Å². The maximum Gasteiger partial charge on any atom is 0.119 e. The van der Waals surface area contributed by atoms with E-state index in [9.17, 15) is 10.2 Å². The van der Waals surface area contributed by atoms with Crippen molar-refractivity contribution in [1.82, 2.24) is 0 Å². The van der Waals surface area contributed by atoms with Crippen LogP contribution in [0.1, 0.15) is 25.0 Å². The molecule has 3 N–H and O–H groups in total. The fraction of sp³-hybridized carbons (Fsp3) is 0.429. The van der Waals surface area contributed by atoms with Crippen molar-refractivity contribution < 1.29 is 24.8 Å². The summed E-state index contributed by atoms with van der Waals surface area (Å²) in [4.78, 5) is 0. The Morgan fingerprint density at radius 3 is 1.59 bits per heavy atom. The highest BCUT2D eigenvalue weighted by Gasteiger charge is 2.23. The van der Waals surface area contributed by atoms with Gasteiger partial charge in [-0.25, -0.2) is 0 Å². The van der Waals surface area contributed by atoms with E-state index in [-0.39, 0.29) is 25.2 Å². The molecule has 0 fully saturated rings. The zero-order valence-electron chi connectivity index (χ0n) is 15.6. The minimum absolute atomic E-state index is 0.0600. The summed E-state index contributed by atoms with van der Waals surface area (Å²) in [5, 5.41) is 28.2. The van der Waals surface area contributed by atoms with Gasteiger partial charge in [0.25, 0.3) is 0 Å². The van der Waals surface area contributed by atoms with E-state index in [4.69, 9.17) is 14.6 Å². The molecule has 0 aliphatic rings. The average Bonchev–Trinajstić information content (AvgIpc) is 2.70. The molecule has 5 nitrogen and oxygen atoms in total. The molecule has 2 aromatic rings. The summed E-state index contributed by atoms with van der Waals surface area (Å²) >= 11 is 3.21. The van der Waals surface area contributed by atoms with Gasteiger partial charge < -0.3 is 24.8 Å². The van der Waals surface area contributed by atoms with E-state index < -0.39 is 12.2 Å². The highest BCUT2D eigenvalue weighted by atomic mass is 79.9. The first-order valence-corrected chi connectivity index (χ1v) is 9.98. The van der Waals surface area contributed by atoms with Gasteiger partial charge in [0.1, 0.15) is 30.8 Å². The second-order valence-electron chi connectivity index (χ2n) is 6.94. The van der Waals surface area contributed by atoms with E-state index in [1.54, 1.807) is 0 Å². The van der Waals surface area contributed by atoms with Gasteiger partial charge in [0.05, 0.1) is 12.7 Å². The lowest BCUT2D eigenvalue weighted by Gasteiger charge is -2.26. The number of halogens is 1. The van der Waals surface area contributed by atoms with Gasteiger partial charge in [-0.1, -0.05) is 54.0 Å². The third-order valence-electron chi connectivity index (χ3n) is 4.43. The van der Waals surface area contributed by atoms with Gasteiger partial charge in [-0.3, -0.25) is 0 Å². The lowest BCUT2D eigenvalue weighted by atomic mass is 9.78. The van der Waals surface area contributed by atoms with Crippen LogP contribution in [0.25, 0.3) is 0 Å². The van der Waals surface area contributed by atoms with Crippen LogP contribution in [0.4, 0.5) is 0 Å². The molecular formula is C21H27BrO5. The van der Waals surface area contributed by atoms with Crippen LogP contribution in [-0.2, 0) is 5.41 Å². The predicted octanol–water partition coefficient (Wildman–Crippen LogP) is 2.88. The van der Waals surface area contributed by atoms with Crippen molar-refractivity contribution in [2.45, 2.75) is 31.5 Å². The molecule has 148 valence electrons. The Kier molecular flexibility index (Phi) is 8.10. The molecule has 0 radical (unpaired) electrons. The Morgan fingerprint density at radius 1 is 0.815 bits per heavy atom. The summed E-state index contributed by atoms with van der Waals surface area (Å²) < 4.78 is 11.0. The van der Waals surface area contributed by atoms with Crippen LogP contribution < -0.4 is 9.47 Å². The lowest BCUT2D eigenvalue weighted by molar-refractivity contribution is 0.0536. The number of alkyl halides is 1. The van der Waals surface area contributed by atoms with Crippen molar-refractivity contribution in [3.8, 4) is 11.5 Å². The second-order valence-corrected chi connectivity index (χ2v) is 7.59. The molecule has 0 heterocycles. The molecule has 0 aliphatic heterocycles. The standard InChI is InChI=1S/C21H27BrO5/c1-21(2,15-3-7-19(8-4-15)26-13-17(24)11-22)16-5-9-20(10-6-16)27-14-18(25)12-23/h3-10,17-18,23-25H,11-14H2,1-2H3/t17-,18+/m1/s1. The molecule has 6 heteroatoms. The third kappa shape index (κ3) is 6.21. The number of aliphatic hydroxyl groups excluding tert-OH is 3. The van der Waals surface area contributed by atoms with Crippen LogP contribution in [0, 0.1) is 0 Å². The van der Waals surface area contributed by atoms with Gasteiger partial charge in [0.2, 0.25) is 0 Å². The number of aliphatic hydroxyl groups is 3. The Labute approximate surface area is 168 Å². The average molecular weight is 439 g/mol. The number of rotatable bonds is 10. The molecule has 0 bridgehead atoms. The maximum absolute atomic E-state index is 9.55. The van der Waals surface area contributed by atoms with Gasteiger partial charge in [-0.05, 0) is 35.4 Å². The highest BCUT2D eigenvalue weighted by Crippen LogP contribution is 2.33. The predicted molar refractivity (Wildman–Crippen MR) is 109 cm³/mol. The lowest BCUT2D eigenvalue weighted by Crippen LogP contribution is -2.21. The zero-order valence-corrected chi connectivity index (χ0v) is 17.2. The van der Waals surface area contributed by atoms with E-state index in [0.717, 1.165) is 16.9 Å². The Bertz CT molecular complexity index is 625. The van der Waals surface area contributed by atoms with Crippen LogP contribution in [-0.4, -0.2) is 52.7 Å². The molecule has 0 saturated heterocycles. The first-order valence-electron chi connectivity index (χ1n) is 8.86. The van der Waals surface area contributed by atoms with Crippen LogP contribution in [0.15, 0.2) is 48.5 Å². The molecule has 2 atom stereocenters. The largest absolute Gasteiger partial charge is 0.491 e. The van der Waals surface area contributed by atoms with Gasteiger partial charge >= 0.3 is 0 Å². The summed E-state index contributed by atoms with van der Waals surface area (Å²) in [5.74, 6) is 1.37. The van der Waals surface area contributed by atoms with Crippen molar-refractivity contribution in [2.24, 2.45) is 0 Å². The quantitative estimate of drug-likeness (QED) is 0.497. The molecule has 0 saturated carbocycles. The molecule has 0 unspecified atom stereocenters. The highest BCUT2D eigenvalue weighted by molar-refractivity contribution is 9.09. The van der Waals surface area contributed by atoms with Gasteiger partial charge in [0, 0.05) is 10.7 Å². The molecule has 2 aromatic carbocycles. The van der Waals surface area contributed by atoms with Crippen LogP contribution in [0.3, 0.4) is 0 Å². The van der Waals surface area contributed by atoms with Gasteiger partial charge in [0.15, 0.2) is 0 Å². The molecule has 27 heavy (non-hydrogen) atoms. The summed E-state index contributed by atoms with van der Waals surface area (Å²) in [5.41, 5.74) is 2.05. The topological polar surface area (TPSA) is 79.2 Å². The summed E-state index contributed by atoms with van der Waals surface area (Å²) in [6, 6.07) is 15.6. The molecule has 0 aromatic heterocycles. The van der Waals surface area contributed by atoms with Crippen LogP contribution in [0.5, 0.6) is 11.5 Å². The Morgan fingerprint density at radius 2 is 1.22 bits per heavy atom. The fourth-order valence-corrected chi connectivity index (χ4v) is 2.77. The van der Waals surface area contributed by atoms with E-state index in [2.05, 4.69) is 29.8 Å². The van der Waals surface area contributed by atoms with E-state index in [1.807, 2.05) is 48.5 Å².